The molecule has 1 atom stereocenters. The summed E-state index contributed by atoms with van der Waals surface area (Å²) in [7, 11) is 0. The van der Waals surface area contributed by atoms with Crippen LogP contribution < -0.4 is 15.6 Å². The van der Waals surface area contributed by atoms with Gasteiger partial charge in [0.2, 0.25) is 0 Å². The van der Waals surface area contributed by atoms with Crippen LogP contribution in [-0.4, -0.2) is 33.9 Å². The highest BCUT2D eigenvalue weighted by Crippen LogP contribution is 2.10. The third-order valence-electron chi connectivity index (χ3n) is 4.65. The van der Waals surface area contributed by atoms with E-state index in [1.807, 2.05) is 19.1 Å². The fourth-order valence-corrected chi connectivity index (χ4v) is 3.05. The molecule has 0 radical (unpaired) electrons. The smallest absolute Gasteiger partial charge is 0.329 e. The number of carbonyl (C=O) groups is 2. The fraction of sp³-hybridized carbons (Fsp3) is 0.304. The number of hydrogen-bond donors (Lipinski definition) is 1. The van der Waals surface area contributed by atoms with E-state index in [1.54, 1.807) is 50.2 Å². The van der Waals surface area contributed by atoms with Crippen molar-refractivity contribution in [3.05, 3.63) is 76.3 Å². The molecule has 0 aliphatic heterocycles. The maximum Gasteiger partial charge on any atom is 0.329 e. The number of esters is 1. The highest BCUT2D eigenvalue weighted by Gasteiger charge is 2.26. The molecule has 0 fully saturated rings. The van der Waals surface area contributed by atoms with Crippen LogP contribution in [0.15, 0.2) is 59.4 Å². The highest BCUT2D eigenvalue weighted by molar-refractivity contribution is 5.85. The Balaban J connectivity index is 1.61. The molecule has 8 nitrogen and oxygen atoms in total. The molecule has 0 unspecified atom stereocenters. The second-order valence-corrected chi connectivity index (χ2v) is 7.45. The Kier molecular flexibility index (Phi) is 7.02. The summed E-state index contributed by atoms with van der Waals surface area (Å²) in [4.78, 5) is 41.5. The summed E-state index contributed by atoms with van der Waals surface area (Å²) < 4.78 is 12.2. The van der Waals surface area contributed by atoms with E-state index >= 15 is 0 Å². The normalized spacial score (nSPS) is 11.9. The van der Waals surface area contributed by atoms with Crippen LogP contribution in [0.25, 0.3) is 5.65 Å². The van der Waals surface area contributed by atoms with Crippen LogP contribution in [0.5, 0.6) is 5.75 Å². The standard InChI is InChI=1S/C23H25N3O5/c1-15(2)22(25-20(27)14-30-18-9-5-4-6-10-18)23(29)31-13-17-12-21(28)26-16(3)8-7-11-19(26)24-17/h4-12,15,22H,13-14H2,1-3H3,(H,25,27)/t22-/m0/s1. The maximum absolute atomic E-state index is 12.6. The Labute approximate surface area is 179 Å². The van der Waals surface area contributed by atoms with Crippen LogP contribution in [0.1, 0.15) is 25.2 Å². The average Bonchev–Trinajstić information content (AvgIpc) is 2.74. The summed E-state index contributed by atoms with van der Waals surface area (Å²) >= 11 is 0. The largest absolute Gasteiger partial charge is 0.484 e. The zero-order valence-corrected chi connectivity index (χ0v) is 17.7. The van der Waals surface area contributed by atoms with Gasteiger partial charge in [-0.2, -0.15) is 0 Å². The maximum atomic E-state index is 12.6. The third-order valence-corrected chi connectivity index (χ3v) is 4.65. The van der Waals surface area contributed by atoms with E-state index < -0.39 is 17.9 Å². The van der Waals surface area contributed by atoms with Gasteiger partial charge in [0.25, 0.3) is 11.5 Å². The SMILES string of the molecule is Cc1cccc2nc(COC(=O)[C@@H](NC(=O)COc3ccccc3)C(C)C)cc(=O)n12. The lowest BCUT2D eigenvalue weighted by atomic mass is 10.0. The van der Waals surface area contributed by atoms with Crippen LogP contribution in [0.3, 0.4) is 0 Å². The number of rotatable bonds is 8. The van der Waals surface area contributed by atoms with Crippen molar-refractivity contribution in [3.8, 4) is 5.75 Å². The number of nitrogens with one attached hydrogen (secondary N) is 1. The second-order valence-electron chi connectivity index (χ2n) is 7.45. The number of aromatic nitrogens is 2. The predicted molar refractivity (Wildman–Crippen MR) is 115 cm³/mol. The third kappa shape index (κ3) is 5.69. The van der Waals surface area contributed by atoms with E-state index in [2.05, 4.69) is 10.3 Å². The molecule has 0 saturated carbocycles. The number of carbonyl (C=O) groups excluding carboxylic acids is 2. The van der Waals surface area contributed by atoms with Crippen molar-refractivity contribution in [2.75, 3.05) is 6.61 Å². The van der Waals surface area contributed by atoms with Gasteiger partial charge < -0.3 is 14.8 Å². The van der Waals surface area contributed by atoms with Crippen molar-refractivity contribution >= 4 is 17.5 Å². The van der Waals surface area contributed by atoms with Gasteiger partial charge in [0.15, 0.2) is 6.61 Å². The first-order chi connectivity index (χ1) is 14.8. The summed E-state index contributed by atoms with van der Waals surface area (Å²) in [6, 6.07) is 14.7. The van der Waals surface area contributed by atoms with E-state index in [-0.39, 0.29) is 24.7 Å². The van der Waals surface area contributed by atoms with Gasteiger partial charge in [-0.05, 0) is 37.1 Å². The molecule has 8 heteroatoms. The van der Waals surface area contributed by atoms with E-state index in [4.69, 9.17) is 9.47 Å². The van der Waals surface area contributed by atoms with Gasteiger partial charge in [-0.3, -0.25) is 14.0 Å². The van der Waals surface area contributed by atoms with Gasteiger partial charge >= 0.3 is 5.97 Å². The molecule has 1 amide bonds. The van der Waals surface area contributed by atoms with Crippen LogP contribution in [0, 0.1) is 12.8 Å². The van der Waals surface area contributed by atoms with Crippen LogP contribution in [0.2, 0.25) is 0 Å². The molecule has 1 aromatic carbocycles. The van der Waals surface area contributed by atoms with E-state index in [9.17, 15) is 14.4 Å². The molecule has 0 spiro atoms. The molecule has 3 rings (SSSR count). The minimum atomic E-state index is -0.851. The van der Waals surface area contributed by atoms with Crippen molar-refractivity contribution in [2.24, 2.45) is 5.92 Å². The molecule has 2 heterocycles. The van der Waals surface area contributed by atoms with Crippen molar-refractivity contribution in [1.82, 2.24) is 14.7 Å². The summed E-state index contributed by atoms with van der Waals surface area (Å²) in [6.07, 6.45) is 0. The van der Waals surface area contributed by atoms with Gasteiger partial charge in [0.05, 0.1) is 5.69 Å². The quantitative estimate of drug-likeness (QED) is 0.558. The Morgan fingerprint density at radius 3 is 2.55 bits per heavy atom. The molecule has 162 valence electrons. The minimum absolute atomic E-state index is 0.169. The van der Waals surface area contributed by atoms with Crippen LogP contribution >= 0.6 is 0 Å². The van der Waals surface area contributed by atoms with E-state index in [0.717, 1.165) is 5.69 Å². The Hall–Kier alpha value is -3.68. The summed E-state index contributed by atoms with van der Waals surface area (Å²) in [5, 5.41) is 2.65. The number of pyridine rings is 1. The lowest BCUT2D eigenvalue weighted by Crippen LogP contribution is -2.46. The van der Waals surface area contributed by atoms with E-state index in [1.165, 1.54) is 10.5 Å². The van der Waals surface area contributed by atoms with Crippen LogP contribution in [0.4, 0.5) is 0 Å². The zero-order valence-electron chi connectivity index (χ0n) is 17.7. The topological polar surface area (TPSA) is 99.0 Å². The number of para-hydroxylation sites is 1. The number of aryl methyl sites for hydroxylation is 1. The molecule has 2 aromatic heterocycles. The first kappa shape index (κ1) is 22.0. The molecule has 31 heavy (non-hydrogen) atoms. The molecule has 0 bridgehead atoms. The minimum Gasteiger partial charge on any atom is -0.484 e. The second kappa shape index (κ2) is 9.88. The molecule has 3 aromatic rings. The van der Waals surface area contributed by atoms with Crippen LogP contribution in [-0.2, 0) is 20.9 Å². The number of fused-ring (bicyclic) bond motifs is 1. The van der Waals surface area contributed by atoms with Crippen molar-refractivity contribution < 1.29 is 19.1 Å². The molecule has 0 saturated heterocycles. The van der Waals surface area contributed by atoms with Crippen molar-refractivity contribution in [3.63, 3.8) is 0 Å². The molecule has 0 aliphatic rings. The first-order valence-electron chi connectivity index (χ1n) is 9.97. The number of hydrogen-bond acceptors (Lipinski definition) is 6. The summed E-state index contributed by atoms with van der Waals surface area (Å²) in [5.74, 6) is -0.678. The number of amides is 1. The lowest BCUT2D eigenvalue weighted by molar-refractivity contribution is -0.150. The number of benzene rings is 1. The average molecular weight is 423 g/mol. The Morgan fingerprint density at radius 1 is 1.10 bits per heavy atom. The number of nitrogens with zero attached hydrogens (tertiary/aromatic N) is 2. The molecule has 0 aliphatic carbocycles. The lowest BCUT2D eigenvalue weighted by Gasteiger charge is -2.21. The summed E-state index contributed by atoms with van der Waals surface area (Å²) in [5.41, 5.74) is 1.33. The van der Waals surface area contributed by atoms with Gasteiger partial charge in [-0.15, -0.1) is 0 Å². The zero-order chi connectivity index (χ0) is 22.4. The summed E-state index contributed by atoms with van der Waals surface area (Å²) in [6.45, 7) is 5.02. The van der Waals surface area contributed by atoms with Gasteiger partial charge in [0.1, 0.15) is 24.0 Å². The monoisotopic (exact) mass is 423 g/mol. The number of ether oxygens (including phenoxy) is 2. The van der Waals surface area contributed by atoms with E-state index in [0.29, 0.717) is 17.1 Å². The fourth-order valence-electron chi connectivity index (χ4n) is 3.05. The molecular weight excluding hydrogens is 398 g/mol. The van der Waals surface area contributed by atoms with Gasteiger partial charge in [0, 0.05) is 11.8 Å². The predicted octanol–water partition coefficient (Wildman–Crippen LogP) is 2.27. The van der Waals surface area contributed by atoms with Gasteiger partial charge in [-0.25, -0.2) is 9.78 Å². The Bertz CT molecular complexity index is 1130. The van der Waals surface area contributed by atoms with Crippen molar-refractivity contribution in [2.45, 2.75) is 33.4 Å². The molecule has 1 N–H and O–H groups in total. The van der Waals surface area contributed by atoms with Crippen molar-refractivity contribution in [1.29, 1.82) is 0 Å². The first-order valence-corrected chi connectivity index (χ1v) is 9.97. The van der Waals surface area contributed by atoms with Gasteiger partial charge in [-0.1, -0.05) is 38.1 Å². The molecular formula is C23H25N3O5. The highest BCUT2D eigenvalue weighted by atomic mass is 16.5. The Morgan fingerprint density at radius 2 is 1.84 bits per heavy atom.